The number of benzene rings is 3. The van der Waals surface area contributed by atoms with Gasteiger partial charge in [0.1, 0.15) is 12.4 Å². The zero-order valence-corrected chi connectivity index (χ0v) is 19.0. The van der Waals surface area contributed by atoms with Crippen molar-refractivity contribution in [2.75, 3.05) is 0 Å². The highest BCUT2D eigenvalue weighted by Crippen LogP contribution is 2.28. The van der Waals surface area contributed by atoms with Crippen molar-refractivity contribution in [1.29, 1.82) is 0 Å². The second kappa shape index (κ2) is 8.47. The van der Waals surface area contributed by atoms with Crippen LogP contribution in [0.4, 0.5) is 5.69 Å². The fourth-order valence-corrected chi connectivity index (χ4v) is 4.88. The number of hydrogen-bond acceptors (Lipinski definition) is 6. The van der Waals surface area contributed by atoms with Crippen LogP contribution in [-0.4, -0.2) is 14.3 Å². The summed E-state index contributed by atoms with van der Waals surface area (Å²) < 4.78 is 7.84. The third-order valence-electron chi connectivity index (χ3n) is 5.03. The van der Waals surface area contributed by atoms with Gasteiger partial charge < -0.3 is 4.74 Å². The van der Waals surface area contributed by atoms with Crippen LogP contribution in [-0.2, 0) is 6.61 Å². The zero-order chi connectivity index (χ0) is 23.1. The van der Waals surface area contributed by atoms with Crippen molar-refractivity contribution in [2.45, 2.75) is 6.61 Å². The number of non-ortho nitro benzene ring substituents is 1. The van der Waals surface area contributed by atoms with E-state index in [1.165, 1.54) is 33.9 Å². The summed E-state index contributed by atoms with van der Waals surface area (Å²) >= 11 is 13.4. The lowest BCUT2D eigenvalue weighted by molar-refractivity contribution is -0.384. The Morgan fingerprint density at radius 3 is 2.73 bits per heavy atom. The molecule has 2 aromatic heterocycles. The summed E-state index contributed by atoms with van der Waals surface area (Å²) in [5.41, 5.74) is 2.18. The Kier molecular flexibility index (Phi) is 5.49. The molecule has 33 heavy (non-hydrogen) atoms. The van der Waals surface area contributed by atoms with Gasteiger partial charge in [-0.25, -0.2) is 9.38 Å². The number of thiazole rings is 1. The average Bonchev–Trinajstić information content (AvgIpc) is 3.30. The first kappa shape index (κ1) is 21.4. The van der Waals surface area contributed by atoms with Gasteiger partial charge in [-0.05, 0) is 36.4 Å². The van der Waals surface area contributed by atoms with Gasteiger partial charge in [-0.1, -0.05) is 52.7 Å². The summed E-state index contributed by atoms with van der Waals surface area (Å²) in [6.45, 7) is 0.122. The summed E-state index contributed by atoms with van der Waals surface area (Å²) in [7, 11) is 0. The summed E-state index contributed by atoms with van der Waals surface area (Å²) in [4.78, 5) is 29.0. The number of nitro groups is 1. The molecule has 0 aliphatic heterocycles. The van der Waals surface area contributed by atoms with Crippen molar-refractivity contribution >= 4 is 62.3 Å². The van der Waals surface area contributed by atoms with E-state index in [-0.39, 0.29) is 17.9 Å². The number of nitrogens with zero attached hydrogens (tertiary/aromatic N) is 3. The van der Waals surface area contributed by atoms with Crippen LogP contribution in [0.3, 0.4) is 0 Å². The summed E-state index contributed by atoms with van der Waals surface area (Å²) in [6, 6.07) is 16.6. The lowest BCUT2D eigenvalue weighted by Gasteiger charge is -2.10. The zero-order valence-electron chi connectivity index (χ0n) is 16.7. The molecule has 0 fully saturated rings. The summed E-state index contributed by atoms with van der Waals surface area (Å²) in [5.74, 6) is 0.377. The highest BCUT2D eigenvalue weighted by molar-refractivity contribution is 7.15. The van der Waals surface area contributed by atoms with Crippen LogP contribution in [0, 0.1) is 10.1 Å². The third kappa shape index (κ3) is 4.04. The van der Waals surface area contributed by atoms with E-state index in [9.17, 15) is 14.9 Å². The maximum atomic E-state index is 13.1. The Morgan fingerprint density at radius 1 is 1.12 bits per heavy atom. The molecule has 2 heterocycles. The lowest BCUT2D eigenvalue weighted by atomic mass is 10.1. The second-order valence-corrected chi connectivity index (χ2v) is 8.99. The van der Waals surface area contributed by atoms with Gasteiger partial charge in [0.15, 0.2) is 4.96 Å². The van der Waals surface area contributed by atoms with Crippen LogP contribution in [0.2, 0.25) is 10.0 Å². The van der Waals surface area contributed by atoms with Gasteiger partial charge in [-0.2, -0.15) is 0 Å². The molecule has 0 radical (unpaired) electrons. The number of aromatic nitrogens is 2. The number of halogens is 2. The molecule has 0 bridgehead atoms. The Morgan fingerprint density at radius 2 is 1.94 bits per heavy atom. The summed E-state index contributed by atoms with van der Waals surface area (Å²) in [6.07, 6.45) is 1.59. The number of fused-ring (bicyclic) bond motifs is 3. The monoisotopic (exact) mass is 497 g/mol. The molecule has 7 nitrogen and oxygen atoms in total. The predicted octanol–water partition coefficient (Wildman–Crippen LogP) is 5.25. The Balaban J connectivity index is 1.59. The highest BCUT2D eigenvalue weighted by atomic mass is 35.5. The van der Waals surface area contributed by atoms with Crippen molar-refractivity contribution in [3.8, 4) is 5.75 Å². The molecular formula is C23H13Cl2N3O4S. The van der Waals surface area contributed by atoms with E-state index in [0.29, 0.717) is 41.9 Å². The van der Waals surface area contributed by atoms with Gasteiger partial charge >= 0.3 is 0 Å². The smallest absolute Gasteiger partial charge is 0.274 e. The molecule has 0 saturated carbocycles. The van der Waals surface area contributed by atoms with Crippen LogP contribution in [0.25, 0.3) is 22.1 Å². The maximum Gasteiger partial charge on any atom is 0.274 e. The third-order valence-corrected chi connectivity index (χ3v) is 6.59. The van der Waals surface area contributed by atoms with Gasteiger partial charge in [-0.3, -0.25) is 14.9 Å². The average molecular weight is 498 g/mol. The molecule has 5 aromatic rings. The standard InChI is InChI=1S/C23H13Cl2N3O4S/c24-15-6-5-13(17(25)11-15)12-32-20-8-7-16(28(30)31)9-14(20)10-21-22(29)27-19-4-2-1-3-18(19)26-23(27)33-21/h1-11H,12H2. The lowest BCUT2D eigenvalue weighted by Crippen LogP contribution is -2.22. The molecule has 0 spiro atoms. The minimum Gasteiger partial charge on any atom is -0.488 e. The van der Waals surface area contributed by atoms with E-state index in [0.717, 1.165) is 5.52 Å². The highest BCUT2D eigenvalue weighted by Gasteiger charge is 2.14. The van der Waals surface area contributed by atoms with Crippen molar-refractivity contribution in [1.82, 2.24) is 9.38 Å². The van der Waals surface area contributed by atoms with Crippen molar-refractivity contribution in [3.63, 3.8) is 0 Å². The number of nitro benzene ring substituents is 1. The largest absolute Gasteiger partial charge is 0.488 e. The van der Waals surface area contributed by atoms with Crippen LogP contribution < -0.4 is 14.8 Å². The first-order valence-corrected chi connectivity index (χ1v) is 11.2. The van der Waals surface area contributed by atoms with Crippen LogP contribution in [0.5, 0.6) is 5.75 Å². The molecule has 0 atom stereocenters. The fourth-order valence-electron chi connectivity index (χ4n) is 3.44. The first-order chi connectivity index (χ1) is 15.9. The first-order valence-electron chi connectivity index (χ1n) is 9.67. The SMILES string of the molecule is O=c1c(=Cc2cc([N+](=O)[O-])ccc2OCc2ccc(Cl)cc2Cl)sc2nc3ccccc3n12. The Hall–Kier alpha value is -3.46. The topological polar surface area (TPSA) is 86.7 Å². The van der Waals surface area contributed by atoms with Gasteiger partial charge in [-0.15, -0.1) is 0 Å². The van der Waals surface area contributed by atoms with Gasteiger partial charge in [0.05, 0.1) is 20.5 Å². The number of para-hydroxylation sites is 2. The van der Waals surface area contributed by atoms with Crippen LogP contribution in [0.15, 0.2) is 65.5 Å². The van der Waals surface area contributed by atoms with Gasteiger partial charge in [0, 0.05) is 33.3 Å². The number of imidazole rings is 1. The fraction of sp³-hybridized carbons (Fsp3) is 0.0435. The number of hydrogen-bond donors (Lipinski definition) is 0. The second-order valence-electron chi connectivity index (χ2n) is 7.14. The Labute approximate surface area is 200 Å². The van der Waals surface area contributed by atoms with E-state index in [1.807, 2.05) is 24.3 Å². The van der Waals surface area contributed by atoms with E-state index in [2.05, 4.69) is 4.98 Å². The molecule has 10 heteroatoms. The predicted molar refractivity (Wildman–Crippen MR) is 130 cm³/mol. The molecular weight excluding hydrogens is 485 g/mol. The van der Waals surface area contributed by atoms with E-state index in [1.54, 1.807) is 24.3 Å². The van der Waals surface area contributed by atoms with Crippen molar-refractivity contribution in [2.24, 2.45) is 0 Å². The number of rotatable bonds is 5. The minimum atomic E-state index is -0.496. The van der Waals surface area contributed by atoms with E-state index < -0.39 is 4.92 Å². The Bertz CT molecular complexity index is 1660. The molecule has 0 unspecified atom stereocenters. The van der Waals surface area contributed by atoms with Crippen molar-refractivity contribution < 1.29 is 9.66 Å². The molecule has 5 rings (SSSR count). The molecule has 0 saturated heterocycles. The summed E-state index contributed by atoms with van der Waals surface area (Å²) in [5, 5.41) is 12.3. The van der Waals surface area contributed by atoms with E-state index in [4.69, 9.17) is 27.9 Å². The molecule has 0 aliphatic carbocycles. The van der Waals surface area contributed by atoms with Crippen LogP contribution in [0.1, 0.15) is 11.1 Å². The molecule has 164 valence electrons. The number of ether oxygens (including phenoxy) is 1. The van der Waals surface area contributed by atoms with Crippen LogP contribution >= 0.6 is 34.5 Å². The quantitative estimate of drug-likeness (QED) is 0.244. The molecule has 0 N–H and O–H groups in total. The molecule has 3 aromatic carbocycles. The minimum absolute atomic E-state index is 0.114. The molecule has 0 aliphatic rings. The van der Waals surface area contributed by atoms with Crippen molar-refractivity contribution in [3.05, 3.63) is 107 Å². The normalized spacial score (nSPS) is 12.0. The maximum absolute atomic E-state index is 13.1. The van der Waals surface area contributed by atoms with Gasteiger partial charge in [0.2, 0.25) is 0 Å². The van der Waals surface area contributed by atoms with Gasteiger partial charge in [0.25, 0.3) is 11.2 Å². The van der Waals surface area contributed by atoms with E-state index >= 15 is 0 Å². The molecule has 0 amide bonds.